The molecule has 2 aromatic rings. The lowest BCUT2D eigenvalue weighted by Crippen LogP contribution is -2.24. The van der Waals surface area contributed by atoms with Crippen LogP contribution in [0.4, 0.5) is 5.69 Å². The number of anilines is 1. The van der Waals surface area contributed by atoms with Gasteiger partial charge < -0.3 is 4.90 Å². The van der Waals surface area contributed by atoms with Crippen molar-refractivity contribution < 1.29 is 8.42 Å². The number of aryl methyl sites for hydroxylation is 2. The van der Waals surface area contributed by atoms with Crippen molar-refractivity contribution in [3.8, 4) is 11.8 Å². The monoisotopic (exact) mass is 342 g/mol. The quantitative estimate of drug-likeness (QED) is 0.869. The lowest BCUT2D eigenvalue weighted by Gasteiger charge is -2.11. The van der Waals surface area contributed by atoms with Crippen molar-refractivity contribution in [3.63, 3.8) is 0 Å². The maximum absolute atomic E-state index is 12.2. The van der Waals surface area contributed by atoms with E-state index in [1.54, 1.807) is 12.1 Å². The maximum Gasteiger partial charge on any atom is 0.241 e. The summed E-state index contributed by atoms with van der Waals surface area (Å²) >= 11 is 0. The van der Waals surface area contributed by atoms with Crippen LogP contribution in [0.5, 0.6) is 0 Å². The van der Waals surface area contributed by atoms with Gasteiger partial charge in [-0.1, -0.05) is 17.9 Å². The zero-order chi connectivity index (χ0) is 17.7. The van der Waals surface area contributed by atoms with Crippen molar-refractivity contribution in [3.05, 3.63) is 59.2 Å². The Kier molecular flexibility index (Phi) is 5.66. The molecule has 0 aliphatic heterocycles. The second-order valence-electron chi connectivity index (χ2n) is 5.81. The molecule has 0 unspecified atom stereocenters. The molecule has 0 saturated carbocycles. The highest BCUT2D eigenvalue weighted by atomic mass is 32.2. The van der Waals surface area contributed by atoms with Gasteiger partial charge in [-0.05, 0) is 61.4 Å². The molecule has 4 nitrogen and oxygen atoms in total. The number of hydrogen-bond acceptors (Lipinski definition) is 3. The second-order valence-corrected chi connectivity index (χ2v) is 7.58. The van der Waals surface area contributed by atoms with Crippen molar-refractivity contribution in [1.29, 1.82) is 0 Å². The molecule has 24 heavy (non-hydrogen) atoms. The average Bonchev–Trinajstić information content (AvgIpc) is 2.54. The highest BCUT2D eigenvalue weighted by Crippen LogP contribution is 2.14. The highest BCUT2D eigenvalue weighted by Gasteiger charge is 2.13. The van der Waals surface area contributed by atoms with Crippen molar-refractivity contribution in [2.75, 3.05) is 25.5 Å². The van der Waals surface area contributed by atoms with Crippen molar-refractivity contribution in [1.82, 2.24) is 4.72 Å². The molecule has 0 saturated heterocycles. The summed E-state index contributed by atoms with van der Waals surface area (Å²) in [6, 6.07) is 12.9. The lowest BCUT2D eigenvalue weighted by atomic mass is 10.1. The molecule has 0 fully saturated rings. The Hall–Kier alpha value is -2.29. The van der Waals surface area contributed by atoms with E-state index in [0.29, 0.717) is 0 Å². The smallest absolute Gasteiger partial charge is 0.241 e. The number of nitrogens with one attached hydrogen (secondary N) is 1. The Balaban J connectivity index is 2.02. The molecule has 2 aromatic carbocycles. The van der Waals surface area contributed by atoms with E-state index in [1.165, 1.54) is 0 Å². The molecule has 0 radical (unpaired) electrons. The summed E-state index contributed by atoms with van der Waals surface area (Å²) in [5.41, 5.74) is 3.96. The van der Waals surface area contributed by atoms with Gasteiger partial charge in [-0.2, -0.15) is 4.72 Å². The van der Waals surface area contributed by atoms with E-state index in [4.69, 9.17) is 0 Å². The third-order valence-electron chi connectivity index (χ3n) is 3.76. The summed E-state index contributed by atoms with van der Waals surface area (Å²) in [6.45, 7) is 3.92. The van der Waals surface area contributed by atoms with Crippen LogP contribution in [-0.4, -0.2) is 29.1 Å². The molecule has 1 N–H and O–H groups in total. The first-order valence-electron chi connectivity index (χ1n) is 7.63. The largest absolute Gasteiger partial charge is 0.378 e. The predicted octanol–water partition coefficient (Wildman–Crippen LogP) is 2.70. The van der Waals surface area contributed by atoms with Crippen LogP contribution in [-0.2, 0) is 10.0 Å². The summed E-state index contributed by atoms with van der Waals surface area (Å²) in [4.78, 5) is 2.28. The third-order valence-corrected chi connectivity index (χ3v) is 5.15. The molecule has 0 spiro atoms. The van der Waals surface area contributed by atoms with Crippen molar-refractivity contribution >= 4 is 15.7 Å². The van der Waals surface area contributed by atoms with Gasteiger partial charge in [-0.3, -0.25) is 0 Å². The van der Waals surface area contributed by atoms with E-state index in [0.717, 1.165) is 22.4 Å². The Labute approximate surface area is 144 Å². The minimum absolute atomic E-state index is 0.0741. The van der Waals surface area contributed by atoms with Crippen LogP contribution in [0, 0.1) is 25.7 Å². The van der Waals surface area contributed by atoms with Crippen LogP contribution in [0.1, 0.15) is 16.7 Å². The Morgan fingerprint density at radius 1 is 1.00 bits per heavy atom. The highest BCUT2D eigenvalue weighted by molar-refractivity contribution is 7.89. The molecule has 0 aliphatic carbocycles. The fourth-order valence-corrected chi connectivity index (χ4v) is 3.09. The van der Waals surface area contributed by atoms with E-state index >= 15 is 0 Å². The van der Waals surface area contributed by atoms with Crippen LogP contribution in [0.25, 0.3) is 0 Å². The lowest BCUT2D eigenvalue weighted by molar-refractivity contribution is 0.586. The van der Waals surface area contributed by atoms with Crippen LogP contribution >= 0.6 is 0 Å². The maximum atomic E-state index is 12.2. The Bertz CT molecular complexity index is 874. The summed E-state index contributed by atoms with van der Waals surface area (Å²) in [5, 5.41) is 0. The minimum atomic E-state index is -3.53. The molecular formula is C19H22N2O2S. The molecule has 0 atom stereocenters. The van der Waals surface area contributed by atoms with Gasteiger partial charge in [-0.15, -0.1) is 0 Å². The van der Waals surface area contributed by atoms with Crippen molar-refractivity contribution in [2.24, 2.45) is 0 Å². The van der Waals surface area contributed by atoms with Gasteiger partial charge in [0.25, 0.3) is 0 Å². The molecule has 0 aliphatic rings. The summed E-state index contributed by atoms with van der Waals surface area (Å²) in [7, 11) is 0.418. The van der Waals surface area contributed by atoms with Gasteiger partial charge in [0.05, 0.1) is 11.4 Å². The number of rotatable bonds is 4. The normalized spacial score (nSPS) is 10.8. The zero-order valence-corrected chi connectivity index (χ0v) is 15.2. The molecular weight excluding hydrogens is 320 g/mol. The summed E-state index contributed by atoms with van der Waals surface area (Å²) in [6.07, 6.45) is 0. The van der Waals surface area contributed by atoms with Crippen LogP contribution < -0.4 is 9.62 Å². The molecule has 0 aromatic heterocycles. The average molecular weight is 342 g/mol. The number of hydrogen-bond donors (Lipinski definition) is 1. The minimum Gasteiger partial charge on any atom is -0.378 e. The predicted molar refractivity (Wildman–Crippen MR) is 98.8 cm³/mol. The van der Waals surface area contributed by atoms with Gasteiger partial charge in [-0.25, -0.2) is 8.42 Å². The van der Waals surface area contributed by atoms with Gasteiger partial charge in [0, 0.05) is 25.3 Å². The van der Waals surface area contributed by atoms with E-state index < -0.39 is 10.0 Å². The first kappa shape index (κ1) is 18.1. The number of sulfonamides is 1. The molecule has 126 valence electrons. The standard InChI is InChI=1S/C19H22N2O2S/c1-15-7-12-19(14-16(15)2)24(22,23)20-13-5-6-17-8-10-18(11-9-17)21(3)4/h7-12,14,20H,13H2,1-4H3. The number of nitrogens with zero attached hydrogens (tertiary/aromatic N) is 1. The second kappa shape index (κ2) is 7.52. The third kappa shape index (κ3) is 4.60. The topological polar surface area (TPSA) is 49.4 Å². The first-order chi connectivity index (χ1) is 11.3. The summed E-state index contributed by atoms with van der Waals surface area (Å²) in [5.74, 6) is 5.81. The summed E-state index contributed by atoms with van der Waals surface area (Å²) < 4.78 is 27.0. The number of benzene rings is 2. The van der Waals surface area contributed by atoms with Gasteiger partial charge in [0.15, 0.2) is 0 Å². The van der Waals surface area contributed by atoms with Crippen molar-refractivity contribution in [2.45, 2.75) is 18.7 Å². The van der Waals surface area contributed by atoms with Crippen LogP contribution in [0.15, 0.2) is 47.4 Å². The van der Waals surface area contributed by atoms with Gasteiger partial charge >= 0.3 is 0 Å². The van der Waals surface area contributed by atoms with E-state index in [-0.39, 0.29) is 11.4 Å². The van der Waals surface area contributed by atoms with E-state index in [1.807, 2.05) is 63.2 Å². The zero-order valence-electron chi connectivity index (χ0n) is 14.4. The fraction of sp³-hybridized carbons (Fsp3) is 0.263. The SMILES string of the molecule is Cc1ccc(S(=O)(=O)NCC#Cc2ccc(N(C)C)cc2)cc1C. The molecule has 2 rings (SSSR count). The van der Waals surface area contributed by atoms with E-state index in [9.17, 15) is 8.42 Å². The van der Waals surface area contributed by atoms with Crippen LogP contribution in [0.3, 0.4) is 0 Å². The Morgan fingerprint density at radius 3 is 2.25 bits per heavy atom. The Morgan fingerprint density at radius 2 is 1.67 bits per heavy atom. The van der Waals surface area contributed by atoms with Gasteiger partial charge in [0.1, 0.15) is 0 Å². The van der Waals surface area contributed by atoms with E-state index in [2.05, 4.69) is 16.6 Å². The van der Waals surface area contributed by atoms with Gasteiger partial charge in [0.2, 0.25) is 10.0 Å². The first-order valence-corrected chi connectivity index (χ1v) is 9.11. The molecule has 0 bridgehead atoms. The molecule has 0 heterocycles. The fourth-order valence-electron chi connectivity index (χ4n) is 2.08. The molecule has 5 heteroatoms. The molecule has 0 amide bonds. The van der Waals surface area contributed by atoms with Crippen LogP contribution in [0.2, 0.25) is 0 Å².